The molecule has 1 aliphatic rings. The standard InChI is InChI=1S/C7H13ClO2S/c1-6-4-7(2-3-10-6)5-11(8)9/h6-7H,2-5H2,1H3. The van der Waals surface area contributed by atoms with Crippen LogP contribution in [0, 0.1) is 5.92 Å². The molecule has 2 nitrogen and oxygen atoms in total. The van der Waals surface area contributed by atoms with E-state index in [0.717, 1.165) is 19.4 Å². The summed E-state index contributed by atoms with van der Waals surface area (Å²) in [4.78, 5) is 0. The van der Waals surface area contributed by atoms with Crippen LogP contribution in [0.25, 0.3) is 0 Å². The van der Waals surface area contributed by atoms with Crippen molar-refractivity contribution in [2.45, 2.75) is 25.9 Å². The molecule has 66 valence electrons. The molecule has 3 unspecified atom stereocenters. The molecule has 0 N–H and O–H groups in total. The van der Waals surface area contributed by atoms with Crippen molar-refractivity contribution in [2.75, 3.05) is 12.4 Å². The predicted molar refractivity (Wildman–Crippen MR) is 47.0 cm³/mol. The topological polar surface area (TPSA) is 26.3 Å². The third-order valence-corrected chi connectivity index (χ3v) is 3.07. The average Bonchev–Trinajstić information content (AvgIpc) is 1.85. The highest BCUT2D eigenvalue weighted by Crippen LogP contribution is 2.21. The minimum absolute atomic E-state index is 0.314. The molecule has 0 saturated carbocycles. The maximum atomic E-state index is 10.7. The van der Waals surface area contributed by atoms with Crippen molar-refractivity contribution < 1.29 is 8.95 Å². The molecule has 1 rings (SSSR count). The van der Waals surface area contributed by atoms with Crippen LogP contribution in [0.2, 0.25) is 0 Å². The molecular weight excluding hydrogens is 184 g/mol. The Labute approximate surface area is 74.2 Å². The molecule has 1 fully saturated rings. The molecule has 11 heavy (non-hydrogen) atoms. The van der Waals surface area contributed by atoms with Crippen molar-refractivity contribution in [2.24, 2.45) is 5.92 Å². The Morgan fingerprint density at radius 1 is 1.73 bits per heavy atom. The van der Waals surface area contributed by atoms with Crippen LogP contribution in [0.1, 0.15) is 19.8 Å². The Hall–Kier alpha value is 0.400. The second-order valence-electron chi connectivity index (χ2n) is 3.03. The second-order valence-corrected chi connectivity index (χ2v) is 4.97. The number of hydrogen-bond acceptors (Lipinski definition) is 2. The van der Waals surface area contributed by atoms with Crippen molar-refractivity contribution >= 4 is 20.7 Å². The summed E-state index contributed by atoms with van der Waals surface area (Å²) in [6.45, 7) is 2.84. The zero-order valence-corrected chi connectivity index (χ0v) is 8.16. The molecule has 0 bridgehead atoms. The lowest BCUT2D eigenvalue weighted by atomic mass is 9.98. The van der Waals surface area contributed by atoms with Gasteiger partial charge in [0.2, 0.25) is 0 Å². The van der Waals surface area contributed by atoms with Gasteiger partial charge in [0.05, 0.1) is 6.10 Å². The van der Waals surface area contributed by atoms with Crippen LogP contribution in [0.4, 0.5) is 0 Å². The van der Waals surface area contributed by atoms with Gasteiger partial charge in [-0.25, -0.2) is 4.21 Å². The summed E-state index contributed by atoms with van der Waals surface area (Å²) in [5.41, 5.74) is 0. The zero-order chi connectivity index (χ0) is 8.27. The lowest BCUT2D eigenvalue weighted by molar-refractivity contribution is 0.00772. The van der Waals surface area contributed by atoms with Crippen molar-refractivity contribution in [3.63, 3.8) is 0 Å². The molecule has 0 radical (unpaired) electrons. The Morgan fingerprint density at radius 2 is 2.45 bits per heavy atom. The fourth-order valence-electron chi connectivity index (χ4n) is 1.43. The maximum absolute atomic E-state index is 10.7. The van der Waals surface area contributed by atoms with E-state index in [1.54, 1.807) is 0 Å². The molecule has 0 aromatic carbocycles. The second kappa shape index (κ2) is 4.43. The Kier molecular flexibility index (Phi) is 3.82. The first-order chi connectivity index (χ1) is 5.18. The van der Waals surface area contributed by atoms with Gasteiger partial charge in [0.25, 0.3) is 0 Å². The third-order valence-electron chi connectivity index (χ3n) is 1.96. The minimum atomic E-state index is -1.16. The molecule has 4 heteroatoms. The molecule has 1 aliphatic heterocycles. The van der Waals surface area contributed by atoms with Gasteiger partial charge in [-0.3, -0.25) is 0 Å². The van der Waals surface area contributed by atoms with Crippen LogP contribution < -0.4 is 0 Å². The lowest BCUT2D eigenvalue weighted by Gasteiger charge is -2.25. The monoisotopic (exact) mass is 196 g/mol. The van der Waals surface area contributed by atoms with E-state index in [9.17, 15) is 4.21 Å². The fraction of sp³-hybridized carbons (Fsp3) is 1.00. The van der Waals surface area contributed by atoms with Crippen LogP contribution in [0.3, 0.4) is 0 Å². The largest absolute Gasteiger partial charge is 0.378 e. The van der Waals surface area contributed by atoms with E-state index in [2.05, 4.69) is 0 Å². The van der Waals surface area contributed by atoms with Crippen LogP contribution in [-0.4, -0.2) is 22.7 Å². The lowest BCUT2D eigenvalue weighted by Crippen LogP contribution is -2.25. The summed E-state index contributed by atoms with van der Waals surface area (Å²) in [6.07, 6.45) is 2.32. The van der Waals surface area contributed by atoms with E-state index in [0.29, 0.717) is 17.8 Å². The van der Waals surface area contributed by atoms with Crippen molar-refractivity contribution in [3.05, 3.63) is 0 Å². The quantitative estimate of drug-likeness (QED) is 0.629. The van der Waals surface area contributed by atoms with Crippen molar-refractivity contribution in [1.29, 1.82) is 0 Å². The molecule has 1 saturated heterocycles. The van der Waals surface area contributed by atoms with Crippen molar-refractivity contribution in [1.82, 2.24) is 0 Å². The van der Waals surface area contributed by atoms with Crippen LogP contribution in [0.5, 0.6) is 0 Å². The summed E-state index contributed by atoms with van der Waals surface area (Å²) in [6, 6.07) is 0. The van der Waals surface area contributed by atoms with E-state index in [-0.39, 0.29) is 0 Å². The highest BCUT2D eigenvalue weighted by molar-refractivity contribution is 8.08. The zero-order valence-electron chi connectivity index (χ0n) is 6.59. The summed E-state index contributed by atoms with van der Waals surface area (Å²) < 4.78 is 16.0. The normalized spacial score (nSPS) is 35.1. The van der Waals surface area contributed by atoms with Crippen LogP contribution in [0.15, 0.2) is 0 Å². The molecule has 1 heterocycles. The van der Waals surface area contributed by atoms with E-state index in [4.69, 9.17) is 15.4 Å². The van der Waals surface area contributed by atoms with E-state index >= 15 is 0 Å². The van der Waals surface area contributed by atoms with E-state index in [1.165, 1.54) is 0 Å². The predicted octanol–water partition coefficient (Wildman–Crippen LogP) is 1.70. The Balaban J connectivity index is 2.28. The summed E-state index contributed by atoms with van der Waals surface area (Å²) in [5, 5.41) is 0. The smallest absolute Gasteiger partial charge is 0.115 e. The summed E-state index contributed by atoms with van der Waals surface area (Å²) >= 11 is 0. The maximum Gasteiger partial charge on any atom is 0.115 e. The summed E-state index contributed by atoms with van der Waals surface area (Å²) in [5.74, 6) is 1.12. The van der Waals surface area contributed by atoms with Gasteiger partial charge in [0.15, 0.2) is 0 Å². The third kappa shape index (κ3) is 3.54. The highest BCUT2D eigenvalue weighted by atomic mass is 35.7. The molecule has 0 spiro atoms. The average molecular weight is 197 g/mol. The first-order valence-electron chi connectivity index (χ1n) is 3.84. The fourth-order valence-corrected chi connectivity index (χ4v) is 2.64. The molecule has 3 atom stereocenters. The molecular formula is C7H13ClO2S. The van der Waals surface area contributed by atoms with Gasteiger partial charge in [0, 0.05) is 12.4 Å². The van der Waals surface area contributed by atoms with Crippen LogP contribution >= 0.6 is 10.7 Å². The minimum Gasteiger partial charge on any atom is -0.378 e. The van der Waals surface area contributed by atoms with Gasteiger partial charge < -0.3 is 4.74 Å². The highest BCUT2D eigenvalue weighted by Gasteiger charge is 2.20. The van der Waals surface area contributed by atoms with E-state index in [1.807, 2.05) is 6.92 Å². The van der Waals surface area contributed by atoms with Gasteiger partial charge >= 0.3 is 0 Å². The van der Waals surface area contributed by atoms with Crippen molar-refractivity contribution in [3.8, 4) is 0 Å². The van der Waals surface area contributed by atoms with Gasteiger partial charge in [-0.15, -0.1) is 0 Å². The first kappa shape index (κ1) is 9.49. The Morgan fingerprint density at radius 3 is 3.00 bits per heavy atom. The molecule has 0 aromatic heterocycles. The van der Waals surface area contributed by atoms with E-state index < -0.39 is 10.0 Å². The van der Waals surface area contributed by atoms with Gasteiger partial charge in [-0.05, 0) is 36.4 Å². The van der Waals surface area contributed by atoms with Gasteiger partial charge in [0.1, 0.15) is 10.0 Å². The molecule has 0 aromatic rings. The summed E-state index contributed by atoms with van der Waals surface area (Å²) in [7, 11) is 4.23. The first-order valence-corrected chi connectivity index (χ1v) is 5.99. The number of hydrogen-bond donors (Lipinski definition) is 0. The molecule has 0 aliphatic carbocycles. The van der Waals surface area contributed by atoms with Gasteiger partial charge in [-0.1, -0.05) is 0 Å². The SMILES string of the molecule is CC1CC(CS(=O)Cl)CCO1. The number of rotatable bonds is 2. The number of halogens is 1. The van der Waals surface area contributed by atoms with Crippen LogP contribution in [-0.2, 0) is 14.7 Å². The molecule has 0 amide bonds. The van der Waals surface area contributed by atoms with Gasteiger partial charge in [-0.2, -0.15) is 0 Å². The number of ether oxygens (including phenoxy) is 1. The Bertz CT molecular complexity index is 151.